The minimum Gasteiger partial charge on any atom is -0.484 e. The molecule has 0 unspecified atom stereocenters. The van der Waals surface area contributed by atoms with Crippen LogP contribution >= 0.6 is 0 Å². The van der Waals surface area contributed by atoms with E-state index in [1.807, 2.05) is 32.0 Å². The lowest BCUT2D eigenvalue weighted by atomic mass is 10.1. The van der Waals surface area contributed by atoms with Gasteiger partial charge in [0.15, 0.2) is 6.61 Å². The molecule has 3 N–H and O–H groups in total. The Morgan fingerprint density at radius 1 is 1.12 bits per heavy atom. The zero-order valence-corrected chi connectivity index (χ0v) is 18.7. The number of anilines is 1. The Labute approximate surface area is 192 Å². The van der Waals surface area contributed by atoms with Gasteiger partial charge in [0.05, 0.1) is 12.3 Å². The zero-order valence-electron chi connectivity index (χ0n) is 18.7. The minimum absolute atomic E-state index is 0.0455. The fourth-order valence-electron chi connectivity index (χ4n) is 3.33. The van der Waals surface area contributed by atoms with E-state index in [-0.39, 0.29) is 18.6 Å². The Morgan fingerprint density at radius 2 is 1.88 bits per heavy atom. The number of carbonyl (C=O) groups excluding carboxylic acids is 3. The molecular weight excluding hydrogens is 424 g/mol. The van der Waals surface area contributed by atoms with E-state index in [4.69, 9.17) is 9.47 Å². The van der Waals surface area contributed by atoms with Gasteiger partial charge in [0.2, 0.25) is 0 Å². The third-order valence-corrected chi connectivity index (χ3v) is 5.07. The van der Waals surface area contributed by atoms with E-state index < -0.39 is 11.8 Å². The molecule has 0 saturated carbocycles. The molecule has 33 heavy (non-hydrogen) atoms. The second kappa shape index (κ2) is 11.8. The standard InChI is InChI=1S/C24H28N4O5/c1-16-6-3-7-17(2)22(16)27-21(29)15-33-19-9-4-8-18(12-19)13-26-28-24(31)23(30)25-14-20-10-5-11-32-20/h3-4,6-9,12-13,20H,5,10-11,14-15H2,1-2H3,(H,25,30)(H,27,29)(H,28,31)/b26-13-/t20-/m1/s1. The van der Waals surface area contributed by atoms with Crippen molar-refractivity contribution in [2.75, 3.05) is 25.1 Å². The van der Waals surface area contributed by atoms with Crippen LogP contribution in [0.2, 0.25) is 0 Å². The molecule has 2 aromatic rings. The first kappa shape index (κ1) is 23.9. The molecule has 9 nitrogen and oxygen atoms in total. The van der Waals surface area contributed by atoms with Crippen molar-refractivity contribution in [1.29, 1.82) is 0 Å². The van der Waals surface area contributed by atoms with E-state index in [0.717, 1.165) is 29.7 Å². The lowest BCUT2D eigenvalue weighted by molar-refractivity contribution is -0.139. The summed E-state index contributed by atoms with van der Waals surface area (Å²) in [5.41, 5.74) is 5.55. The van der Waals surface area contributed by atoms with Gasteiger partial charge in [-0.2, -0.15) is 5.10 Å². The highest BCUT2D eigenvalue weighted by Crippen LogP contribution is 2.19. The number of hydrogen-bond donors (Lipinski definition) is 3. The largest absolute Gasteiger partial charge is 0.484 e. The molecule has 174 valence electrons. The molecule has 0 bridgehead atoms. The van der Waals surface area contributed by atoms with E-state index in [1.165, 1.54) is 6.21 Å². The normalized spacial score (nSPS) is 15.3. The molecule has 3 rings (SSSR count). The summed E-state index contributed by atoms with van der Waals surface area (Å²) in [6.07, 6.45) is 3.16. The molecule has 0 radical (unpaired) electrons. The third kappa shape index (κ3) is 7.43. The number of hydrazone groups is 1. The molecule has 1 heterocycles. The monoisotopic (exact) mass is 452 g/mol. The number of nitrogens with zero attached hydrogens (tertiary/aromatic N) is 1. The Balaban J connectivity index is 1.44. The molecule has 1 fully saturated rings. The smallest absolute Gasteiger partial charge is 0.329 e. The number of ether oxygens (including phenoxy) is 2. The quantitative estimate of drug-likeness (QED) is 0.322. The summed E-state index contributed by atoms with van der Waals surface area (Å²) >= 11 is 0. The van der Waals surface area contributed by atoms with Crippen LogP contribution < -0.4 is 20.8 Å². The Kier molecular flexibility index (Phi) is 8.54. The summed E-state index contributed by atoms with van der Waals surface area (Å²) < 4.78 is 11.0. The first-order chi connectivity index (χ1) is 15.9. The SMILES string of the molecule is Cc1cccc(C)c1NC(=O)COc1cccc(/C=N\NC(=O)C(=O)NC[C@H]2CCCO2)c1. The van der Waals surface area contributed by atoms with Gasteiger partial charge < -0.3 is 20.1 Å². The summed E-state index contributed by atoms with van der Waals surface area (Å²) in [6.45, 7) is 4.68. The van der Waals surface area contributed by atoms with Gasteiger partial charge in [-0.25, -0.2) is 5.43 Å². The number of benzene rings is 2. The summed E-state index contributed by atoms with van der Waals surface area (Å²) in [7, 11) is 0. The molecule has 9 heteroatoms. The van der Waals surface area contributed by atoms with Gasteiger partial charge in [-0.3, -0.25) is 14.4 Å². The highest BCUT2D eigenvalue weighted by atomic mass is 16.5. The summed E-state index contributed by atoms with van der Waals surface area (Å²) in [5, 5.41) is 9.19. The van der Waals surface area contributed by atoms with Crippen molar-refractivity contribution in [3.63, 3.8) is 0 Å². The van der Waals surface area contributed by atoms with E-state index in [0.29, 0.717) is 24.5 Å². The van der Waals surface area contributed by atoms with E-state index in [1.54, 1.807) is 24.3 Å². The summed E-state index contributed by atoms with van der Waals surface area (Å²) in [4.78, 5) is 35.9. The molecule has 0 spiro atoms. The van der Waals surface area contributed by atoms with Crippen molar-refractivity contribution in [2.24, 2.45) is 5.10 Å². The average molecular weight is 453 g/mol. The number of carbonyl (C=O) groups is 3. The van der Waals surface area contributed by atoms with E-state index >= 15 is 0 Å². The zero-order chi connectivity index (χ0) is 23.6. The third-order valence-electron chi connectivity index (χ3n) is 5.07. The second-order valence-corrected chi connectivity index (χ2v) is 7.72. The Bertz CT molecular complexity index is 1010. The van der Waals surface area contributed by atoms with Crippen LogP contribution in [0.5, 0.6) is 5.75 Å². The highest BCUT2D eigenvalue weighted by Gasteiger charge is 2.19. The van der Waals surface area contributed by atoms with Crippen LogP contribution in [-0.2, 0) is 19.1 Å². The van der Waals surface area contributed by atoms with E-state index in [2.05, 4.69) is 21.2 Å². The fourth-order valence-corrected chi connectivity index (χ4v) is 3.33. The van der Waals surface area contributed by atoms with Crippen molar-refractivity contribution >= 4 is 29.6 Å². The number of hydrogen-bond acceptors (Lipinski definition) is 6. The molecule has 1 atom stereocenters. The number of aryl methyl sites for hydroxylation is 2. The van der Waals surface area contributed by atoms with Crippen LogP contribution in [0.25, 0.3) is 0 Å². The van der Waals surface area contributed by atoms with Gasteiger partial charge in [0.1, 0.15) is 5.75 Å². The van der Waals surface area contributed by atoms with Gasteiger partial charge in [0, 0.05) is 18.8 Å². The van der Waals surface area contributed by atoms with Crippen LogP contribution in [0, 0.1) is 13.8 Å². The van der Waals surface area contributed by atoms with E-state index in [9.17, 15) is 14.4 Å². The first-order valence-electron chi connectivity index (χ1n) is 10.7. The molecule has 1 aliphatic heterocycles. The van der Waals surface area contributed by atoms with Gasteiger partial charge in [-0.1, -0.05) is 30.3 Å². The Morgan fingerprint density at radius 3 is 2.61 bits per heavy atom. The first-order valence-corrected chi connectivity index (χ1v) is 10.7. The maximum absolute atomic E-state index is 12.3. The van der Waals surface area contributed by atoms with Gasteiger partial charge in [0.25, 0.3) is 5.91 Å². The molecule has 1 saturated heterocycles. The summed E-state index contributed by atoms with van der Waals surface area (Å²) in [5.74, 6) is -1.43. The maximum atomic E-state index is 12.3. The minimum atomic E-state index is -0.861. The van der Waals surface area contributed by atoms with Crippen LogP contribution in [0.4, 0.5) is 5.69 Å². The number of amides is 3. The predicted molar refractivity (Wildman–Crippen MR) is 124 cm³/mol. The van der Waals surface area contributed by atoms with Gasteiger partial charge in [-0.05, 0) is 55.5 Å². The molecular formula is C24H28N4O5. The van der Waals surface area contributed by atoms with Gasteiger partial charge in [-0.15, -0.1) is 0 Å². The molecule has 3 amide bonds. The topological polar surface area (TPSA) is 118 Å². The van der Waals surface area contributed by atoms with Crippen molar-refractivity contribution in [3.05, 3.63) is 59.2 Å². The van der Waals surface area contributed by atoms with Crippen LogP contribution in [0.3, 0.4) is 0 Å². The number of para-hydroxylation sites is 1. The molecule has 1 aliphatic rings. The van der Waals surface area contributed by atoms with Crippen molar-refractivity contribution in [3.8, 4) is 5.75 Å². The number of rotatable bonds is 8. The highest BCUT2D eigenvalue weighted by molar-refractivity contribution is 6.35. The molecule has 0 aromatic heterocycles. The van der Waals surface area contributed by atoms with Crippen LogP contribution in [0.15, 0.2) is 47.6 Å². The average Bonchev–Trinajstić information content (AvgIpc) is 3.32. The molecule has 2 aromatic carbocycles. The lowest BCUT2D eigenvalue weighted by Crippen LogP contribution is -2.41. The van der Waals surface area contributed by atoms with Crippen molar-refractivity contribution < 1.29 is 23.9 Å². The van der Waals surface area contributed by atoms with Crippen molar-refractivity contribution in [2.45, 2.75) is 32.8 Å². The second-order valence-electron chi connectivity index (χ2n) is 7.72. The van der Waals surface area contributed by atoms with Crippen molar-refractivity contribution in [1.82, 2.24) is 10.7 Å². The lowest BCUT2D eigenvalue weighted by Gasteiger charge is -2.12. The molecule has 0 aliphatic carbocycles. The van der Waals surface area contributed by atoms with Crippen LogP contribution in [0.1, 0.15) is 29.5 Å². The van der Waals surface area contributed by atoms with Crippen LogP contribution in [-0.4, -0.2) is 49.8 Å². The predicted octanol–water partition coefficient (Wildman–Crippen LogP) is 2.07. The Hall–Kier alpha value is -3.72. The fraction of sp³-hybridized carbons (Fsp3) is 0.333. The maximum Gasteiger partial charge on any atom is 0.329 e. The van der Waals surface area contributed by atoms with Gasteiger partial charge >= 0.3 is 11.8 Å². The summed E-state index contributed by atoms with van der Waals surface area (Å²) in [6, 6.07) is 12.6. The number of nitrogens with one attached hydrogen (secondary N) is 3.